The second-order valence-corrected chi connectivity index (χ2v) is 6.18. The van der Waals surface area contributed by atoms with Gasteiger partial charge in [0.25, 0.3) is 5.91 Å². The van der Waals surface area contributed by atoms with Gasteiger partial charge >= 0.3 is 0 Å². The van der Waals surface area contributed by atoms with Gasteiger partial charge in [0.05, 0.1) is 18.2 Å². The molecule has 2 aromatic rings. The Morgan fingerprint density at radius 2 is 1.75 bits per heavy atom. The number of nitrogens with one attached hydrogen (secondary N) is 1. The van der Waals surface area contributed by atoms with Gasteiger partial charge in [0.1, 0.15) is 11.5 Å². The molecule has 24 heavy (non-hydrogen) atoms. The van der Waals surface area contributed by atoms with Gasteiger partial charge in [0.15, 0.2) is 6.10 Å². The predicted octanol–water partition coefficient (Wildman–Crippen LogP) is 4.65. The molecule has 128 valence electrons. The molecule has 0 aliphatic carbocycles. The Kier molecular flexibility index (Phi) is 6.35. The maximum Gasteiger partial charge on any atom is 0.261 e. The number of amides is 1. The summed E-state index contributed by atoms with van der Waals surface area (Å²) in [5.41, 5.74) is 0.973. The Balaban J connectivity index is 1.97. The predicted molar refractivity (Wildman–Crippen MR) is 96.1 cm³/mol. The largest absolute Gasteiger partial charge is 0.497 e. The second kappa shape index (κ2) is 8.27. The van der Waals surface area contributed by atoms with Crippen molar-refractivity contribution in [3.63, 3.8) is 0 Å². The van der Waals surface area contributed by atoms with E-state index in [1.807, 2.05) is 31.2 Å². The van der Waals surface area contributed by atoms with E-state index in [1.54, 1.807) is 32.2 Å². The van der Waals surface area contributed by atoms with Crippen molar-refractivity contribution in [2.45, 2.75) is 26.0 Å². The number of rotatable bonds is 6. The van der Waals surface area contributed by atoms with Gasteiger partial charge in [0, 0.05) is 5.02 Å². The fourth-order valence-corrected chi connectivity index (χ4v) is 2.57. The summed E-state index contributed by atoms with van der Waals surface area (Å²) in [7, 11) is 1.61. The second-order valence-electron chi connectivity index (χ2n) is 5.34. The molecular formula is C18H19Cl2NO3. The molecule has 6 heteroatoms. The third kappa shape index (κ3) is 4.79. The number of hydrogen-bond donors (Lipinski definition) is 1. The number of ether oxygens (including phenoxy) is 2. The molecule has 0 saturated heterocycles. The Bertz CT molecular complexity index is 704. The van der Waals surface area contributed by atoms with Crippen molar-refractivity contribution in [1.29, 1.82) is 0 Å². The fourth-order valence-electron chi connectivity index (χ4n) is 2.12. The van der Waals surface area contributed by atoms with Crippen LogP contribution in [0.4, 0.5) is 0 Å². The van der Waals surface area contributed by atoms with Crippen LogP contribution in [0.25, 0.3) is 0 Å². The molecule has 2 atom stereocenters. The van der Waals surface area contributed by atoms with Gasteiger partial charge in [-0.1, -0.05) is 35.3 Å². The molecule has 0 heterocycles. The van der Waals surface area contributed by atoms with Gasteiger partial charge in [-0.05, 0) is 49.7 Å². The van der Waals surface area contributed by atoms with Gasteiger partial charge < -0.3 is 14.8 Å². The molecule has 1 amide bonds. The highest BCUT2D eigenvalue weighted by Gasteiger charge is 2.19. The molecule has 0 fully saturated rings. The number of halogens is 2. The molecule has 0 spiro atoms. The van der Waals surface area contributed by atoms with E-state index in [9.17, 15) is 4.79 Å². The summed E-state index contributed by atoms with van der Waals surface area (Å²) in [6, 6.07) is 12.2. The molecule has 2 rings (SSSR count). The molecule has 2 unspecified atom stereocenters. The Hall–Kier alpha value is -1.91. The highest BCUT2D eigenvalue weighted by atomic mass is 35.5. The highest BCUT2D eigenvalue weighted by molar-refractivity contribution is 6.35. The van der Waals surface area contributed by atoms with Crippen molar-refractivity contribution in [3.05, 3.63) is 58.1 Å². The summed E-state index contributed by atoms with van der Waals surface area (Å²) in [5, 5.41) is 3.79. The zero-order valence-corrected chi connectivity index (χ0v) is 15.2. The molecule has 0 radical (unpaired) electrons. The number of carbonyl (C=O) groups is 1. The zero-order valence-electron chi connectivity index (χ0n) is 13.7. The molecule has 0 bridgehead atoms. The van der Waals surface area contributed by atoms with Crippen molar-refractivity contribution in [2.24, 2.45) is 0 Å². The topological polar surface area (TPSA) is 47.6 Å². The first-order valence-electron chi connectivity index (χ1n) is 7.46. The van der Waals surface area contributed by atoms with Crippen LogP contribution in [0.15, 0.2) is 42.5 Å². The SMILES string of the molecule is COc1ccc(C(C)NC(=O)C(C)Oc2ccc(Cl)cc2Cl)cc1. The van der Waals surface area contributed by atoms with Crippen LogP contribution in [0.5, 0.6) is 11.5 Å². The molecule has 0 aliphatic heterocycles. The third-order valence-electron chi connectivity index (χ3n) is 3.54. The van der Waals surface area contributed by atoms with Crippen molar-refractivity contribution >= 4 is 29.1 Å². The number of carbonyl (C=O) groups excluding carboxylic acids is 1. The fraction of sp³-hybridized carbons (Fsp3) is 0.278. The lowest BCUT2D eigenvalue weighted by Crippen LogP contribution is -2.37. The number of hydrogen-bond acceptors (Lipinski definition) is 3. The minimum atomic E-state index is -0.690. The Morgan fingerprint density at radius 3 is 2.33 bits per heavy atom. The molecule has 1 N–H and O–H groups in total. The van der Waals surface area contributed by atoms with Crippen molar-refractivity contribution in [3.8, 4) is 11.5 Å². The van der Waals surface area contributed by atoms with Crippen LogP contribution >= 0.6 is 23.2 Å². The van der Waals surface area contributed by atoms with Gasteiger partial charge in [-0.25, -0.2) is 0 Å². The molecule has 0 aromatic heterocycles. The van der Waals surface area contributed by atoms with E-state index in [0.29, 0.717) is 15.8 Å². The van der Waals surface area contributed by atoms with E-state index in [0.717, 1.165) is 11.3 Å². The summed E-state index contributed by atoms with van der Waals surface area (Å²) in [6.45, 7) is 3.57. The van der Waals surface area contributed by atoms with Crippen LogP contribution in [0.2, 0.25) is 10.0 Å². The van der Waals surface area contributed by atoms with Crippen LogP contribution in [0.1, 0.15) is 25.5 Å². The smallest absolute Gasteiger partial charge is 0.261 e. The number of methoxy groups -OCH3 is 1. The molecule has 0 saturated carbocycles. The molecular weight excluding hydrogens is 349 g/mol. The lowest BCUT2D eigenvalue weighted by molar-refractivity contribution is -0.127. The van der Waals surface area contributed by atoms with E-state index in [-0.39, 0.29) is 11.9 Å². The van der Waals surface area contributed by atoms with Crippen LogP contribution in [0.3, 0.4) is 0 Å². The summed E-state index contributed by atoms with van der Waals surface area (Å²) < 4.78 is 10.7. The molecule has 4 nitrogen and oxygen atoms in total. The average molecular weight is 368 g/mol. The van der Waals surface area contributed by atoms with E-state index < -0.39 is 6.10 Å². The first-order valence-corrected chi connectivity index (χ1v) is 8.22. The monoisotopic (exact) mass is 367 g/mol. The standard InChI is InChI=1S/C18H19Cl2NO3/c1-11(13-4-7-15(23-3)8-5-13)21-18(22)12(2)24-17-9-6-14(19)10-16(17)20/h4-12H,1-3H3,(H,21,22). The average Bonchev–Trinajstić information content (AvgIpc) is 2.57. The van der Waals surface area contributed by atoms with Gasteiger partial charge in [-0.2, -0.15) is 0 Å². The minimum absolute atomic E-state index is 0.157. The van der Waals surface area contributed by atoms with Crippen LogP contribution in [-0.4, -0.2) is 19.1 Å². The van der Waals surface area contributed by atoms with E-state index in [4.69, 9.17) is 32.7 Å². The van der Waals surface area contributed by atoms with E-state index in [1.165, 1.54) is 0 Å². The third-order valence-corrected chi connectivity index (χ3v) is 4.07. The van der Waals surface area contributed by atoms with Crippen LogP contribution in [-0.2, 0) is 4.79 Å². The lowest BCUT2D eigenvalue weighted by Gasteiger charge is -2.19. The van der Waals surface area contributed by atoms with Gasteiger partial charge in [-0.3, -0.25) is 4.79 Å². The highest BCUT2D eigenvalue weighted by Crippen LogP contribution is 2.28. The minimum Gasteiger partial charge on any atom is -0.497 e. The van der Waals surface area contributed by atoms with Crippen LogP contribution < -0.4 is 14.8 Å². The van der Waals surface area contributed by atoms with E-state index >= 15 is 0 Å². The number of benzene rings is 2. The first-order chi connectivity index (χ1) is 11.4. The maximum atomic E-state index is 12.3. The summed E-state index contributed by atoms with van der Waals surface area (Å²) in [4.78, 5) is 12.3. The normalized spacial score (nSPS) is 13.0. The van der Waals surface area contributed by atoms with Crippen LogP contribution in [0, 0.1) is 0 Å². The van der Waals surface area contributed by atoms with Gasteiger partial charge in [0.2, 0.25) is 0 Å². The van der Waals surface area contributed by atoms with Crippen molar-refractivity contribution in [2.75, 3.05) is 7.11 Å². The van der Waals surface area contributed by atoms with E-state index in [2.05, 4.69) is 5.32 Å². The molecule has 2 aromatic carbocycles. The first kappa shape index (κ1) is 18.4. The lowest BCUT2D eigenvalue weighted by atomic mass is 10.1. The van der Waals surface area contributed by atoms with Gasteiger partial charge in [-0.15, -0.1) is 0 Å². The zero-order chi connectivity index (χ0) is 17.7. The van der Waals surface area contributed by atoms with Crippen molar-refractivity contribution < 1.29 is 14.3 Å². The summed E-state index contributed by atoms with van der Waals surface area (Å²) in [5.74, 6) is 0.955. The Morgan fingerprint density at radius 1 is 1.08 bits per heavy atom. The molecule has 0 aliphatic rings. The van der Waals surface area contributed by atoms with Crippen molar-refractivity contribution in [1.82, 2.24) is 5.32 Å². The Labute approximate surface area is 151 Å². The maximum absolute atomic E-state index is 12.3. The summed E-state index contributed by atoms with van der Waals surface area (Å²) >= 11 is 11.9. The quantitative estimate of drug-likeness (QED) is 0.808. The summed E-state index contributed by atoms with van der Waals surface area (Å²) in [6.07, 6.45) is -0.690.